The van der Waals surface area contributed by atoms with Gasteiger partial charge in [0.15, 0.2) is 0 Å². The van der Waals surface area contributed by atoms with E-state index in [9.17, 15) is 17.6 Å². The van der Waals surface area contributed by atoms with Gasteiger partial charge in [0.05, 0.1) is 0 Å². The number of rotatable bonds is 0. The van der Waals surface area contributed by atoms with Gasteiger partial charge in [-0.1, -0.05) is 95.2 Å². The molecular weight excluding hydrogens is 562 g/mol. The minimum Gasteiger partial charge on any atom is -0.264 e. The highest BCUT2D eigenvalue weighted by atomic mass is 18.2. The molecule has 0 aliphatic heterocycles. The van der Waals surface area contributed by atoms with Crippen LogP contribution in [0.4, 0.5) is 17.6 Å². The molecule has 0 aliphatic carbocycles. The topological polar surface area (TPSA) is 64.5 Å². The van der Waals surface area contributed by atoms with Gasteiger partial charge in [-0.15, -0.1) is 0 Å². The Morgan fingerprint density at radius 3 is 1.36 bits per heavy atom. The minimum absolute atomic E-state index is 0.00625. The highest BCUT2D eigenvalue weighted by Gasteiger charge is 2.19. The van der Waals surface area contributed by atoms with E-state index in [0.29, 0.717) is 11.1 Å². The molecule has 0 atom stereocenters. The average molecular weight is 610 g/mol. The molecule has 0 radical (unpaired) electrons. The number of nitrogens with zero attached hydrogens (tertiary/aromatic N) is 5. The standard InChI is InChI=1S/3C9H12FN.C8H11FN2/c1-9(2,3)7-6-11-5-4-8(7)10;1-9(2,3)7-4-5-8(10)11-6-7;1-9(2,3)7-5-4-6-11-8(7)10;1-8(2,3)6-4-10-7(9)11-5-6/h3*4-6H,1-3H3;4-5H,1-3H3/i3*10-1;9-1. The largest absolute Gasteiger partial charge is 0.308 e. The predicted molar refractivity (Wildman–Crippen MR) is 169 cm³/mol. The summed E-state index contributed by atoms with van der Waals surface area (Å²) in [5.74, 6) is -0.953. The number of aromatic nitrogens is 5. The molecule has 0 saturated heterocycles. The van der Waals surface area contributed by atoms with E-state index >= 15 is 0 Å². The minimum atomic E-state index is -0.669. The molecule has 0 saturated carbocycles. The molecule has 5 nitrogen and oxygen atoms in total. The molecule has 240 valence electrons. The Balaban J connectivity index is 0.000000293. The normalized spacial score (nSPS) is 11.6. The van der Waals surface area contributed by atoms with Crippen molar-refractivity contribution in [1.82, 2.24) is 24.9 Å². The lowest BCUT2D eigenvalue weighted by Crippen LogP contribution is -2.14. The Kier molecular flexibility index (Phi) is 13.8. The van der Waals surface area contributed by atoms with E-state index in [-0.39, 0.29) is 33.4 Å². The van der Waals surface area contributed by atoms with Crippen molar-refractivity contribution in [2.75, 3.05) is 0 Å². The van der Waals surface area contributed by atoms with Crippen molar-refractivity contribution in [2.45, 2.75) is 105 Å². The van der Waals surface area contributed by atoms with Gasteiger partial charge in [0.25, 0.3) is 0 Å². The molecule has 0 fully saturated rings. The fourth-order valence-electron chi connectivity index (χ4n) is 3.39. The first kappa shape index (κ1) is 38.3. The second-order valence-corrected chi connectivity index (χ2v) is 14.3. The van der Waals surface area contributed by atoms with Crippen LogP contribution < -0.4 is 0 Å². The third kappa shape index (κ3) is 13.7. The van der Waals surface area contributed by atoms with Crippen LogP contribution in [0, 0.1) is 23.8 Å². The van der Waals surface area contributed by atoms with Crippen molar-refractivity contribution in [1.29, 1.82) is 0 Å². The molecule has 44 heavy (non-hydrogen) atoms. The van der Waals surface area contributed by atoms with Gasteiger partial charge in [-0.05, 0) is 51.0 Å². The van der Waals surface area contributed by atoms with E-state index < -0.39 is 12.0 Å². The van der Waals surface area contributed by atoms with E-state index in [4.69, 9.17) is 0 Å². The van der Waals surface area contributed by atoms with Crippen LogP contribution in [0.5, 0.6) is 0 Å². The predicted octanol–water partition coefficient (Wildman–Crippen LogP) is 9.47. The quantitative estimate of drug-likeness (QED) is 0.113. The molecule has 0 N–H and O–H groups in total. The zero-order valence-corrected chi connectivity index (χ0v) is 28.1. The Morgan fingerprint density at radius 2 is 1.00 bits per heavy atom. The first-order valence-corrected chi connectivity index (χ1v) is 14.3. The van der Waals surface area contributed by atoms with Crippen molar-refractivity contribution in [3.05, 3.63) is 114 Å². The molecule has 0 amide bonds. The summed E-state index contributed by atoms with van der Waals surface area (Å²) in [5, 5.41) is 0. The Labute approximate surface area is 260 Å². The maximum absolute atomic E-state index is 13.0. The third-order valence-corrected chi connectivity index (χ3v) is 6.22. The van der Waals surface area contributed by atoms with Crippen molar-refractivity contribution < 1.29 is 17.6 Å². The molecule has 4 aromatic rings. The summed E-state index contributed by atoms with van der Waals surface area (Å²) < 4.78 is 50.6. The van der Waals surface area contributed by atoms with Crippen LogP contribution in [-0.4, -0.2) is 24.9 Å². The van der Waals surface area contributed by atoms with Crippen LogP contribution in [0.2, 0.25) is 0 Å². The Morgan fingerprint density at radius 1 is 0.477 bits per heavy atom. The summed E-state index contributed by atoms with van der Waals surface area (Å²) in [6, 6.07) is 8.06. The molecule has 0 spiro atoms. The van der Waals surface area contributed by atoms with Crippen LogP contribution in [0.1, 0.15) is 105 Å². The highest BCUT2D eigenvalue weighted by molar-refractivity contribution is 5.21. The summed E-state index contributed by atoms with van der Waals surface area (Å²) >= 11 is 0. The molecule has 4 rings (SSSR count). The summed E-state index contributed by atoms with van der Waals surface area (Å²) in [6.45, 7) is 24.1. The smallest absolute Gasteiger partial charge is 0.264 e. The van der Waals surface area contributed by atoms with Crippen LogP contribution >= 0.6 is 0 Å². The van der Waals surface area contributed by atoms with Crippen molar-refractivity contribution in [2.24, 2.45) is 0 Å². The Hall–Kier alpha value is -3.75. The molecular formula is C35H47F4N5. The highest BCUT2D eigenvalue weighted by Crippen LogP contribution is 2.24. The second-order valence-electron chi connectivity index (χ2n) is 14.3. The fourth-order valence-corrected chi connectivity index (χ4v) is 3.39. The molecule has 0 unspecified atom stereocenters. The number of hydrogen-bond acceptors (Lipinski definition) is 5. The van der Waals surface area contributed by atoms with Gasteiger partial charge in [-0.3, -0.25) is 4.98 Å². The second kappa shape index (κ2) is 15.8. The summed E-state index contributed by atoms with van der Waals surface area (Å²) in [5.41, 5.74) is 3.07. The van der Waals surface area contributed by atoms with Gasteiger partial charge in [0, 0.05) is 48.3 Å². The average Bonchev–Trinajstić information content (AvgIpc) is 2.88. The molecule has 4 aromatic heterocycles. The Bertz CT molecular complexity index is 1300. The van der Waals surface area contributed by atoms with Crippen LogP contribution in [-0.2, 0) is 21.7 Å². The summed E-state index contributed by atoms with van der Waals surface area (Å²) in [6.07, 6.45) is 8.45. The first-order chi connectivity index (χ1) is 20.0. The van der Waals surface area contributed by atoms with Gasteiger partial charge >= 0.3 is 6.08 Å². The lowest BCUT2D eigenvalue weighted by molar-refractivity contribution is 0.499. The molecule has 0 aliphatic rings. The summed E-state index contributed by atoms with van der Waals surface area (Å²) in [7, 11) is 0. The maximum atomic E-state index is 13.0. The number of hydrogen-bond donors (Lipinski definition) is 0. The molecule has 0 aromatic carbocycles. The van der Waals surface area contributed by atoms with Crippen LogP contribution in [0.25, 0.3) is 0 Å². The third-order valence-electron chi connectivity index (χ3n) is 6.22. The van der Waals surface area contributed by atoms with Gasteiger partial charge in [-0.25, -0.2) is 24.3 Å². The lowest BCUT2D eigenvalue weighted by atomic mass is 9.88. The zero-order valence-electron chi connectivity index (χ0n) is 28.1. The van der Waals surface area contributed by atoms with Crippen molar-refractivity contribution in [3.63, 3.8) is 0 Å². The fraction of sp³-hybridized carbons (Fsp3) is 0.457. The van der Waals surface area contributed by atoms with E-state index in [0.717, 1.165) is 11.1 Å². The van der Waals surface area contributed by atoms with Gasteiger partial charge in [0.1, 0.15) is 5.82 Å². The SMILES string of the molecule is CC(C)(C)c1ccc([18F])nc1.CC(C)(C)c1cccnc1[18F].CC(C)(C)c1cnc([18F])nc1.CC(C)(C)c1cnccc1[18F]. The molecule has 4 heterocycles. The van der Waals surface area contributed by atoms with E-state index in [1.165, 1.54) is 36.9 Å². The van der Waals surface area contributed by atoms with E-state index in [2.05, 4.69) is 45.7 Å². The van der Waals surface area contributed by atoms with E-state index in [1.807, 2.05) is 62.3 Å². The summed E-state index contributed by atoms with van der Waals surface area (Å²) in [4.78, 5) is 18.0. The van der Waals surface area contributed by atoms with Gasteiger partial charge in [-0.2, -0.15) is 13.2 Å². The molecule has 0 bridgehead atoms. The zero-order chi connectivity index (χ0) is 33.9. The van der Waals surface area contributed by atoms with Crippen LogP contribution in [0.3, 0.4) is 0 Å². The van der Waals surface area contributed by atoms with Crippen LogP contribution in [0.15, 0.2) is 67.5 Å². The maximum Gasteiger partial charge on any atom is 0.308 e. The first-order valence-electron chi connectivity index (χ1n) is 14.3. The van der Waals surface area contributed by atoms with Gasteiger partial charge < -0.3 is 0 Å². The van der Waals surface area contributed by atoms with E-state index in [1.54, 1.807) is 30.6 Å². The lowest BCUT2D eigenvalue weighted by Gasteiger charge is -2.18. The molecule has 9 heteroatoms. The number of halogens is 4. The monoisotopic (exact) mass is 609 g/mol. The van der Waals surface area contributed by atoms with Crippen molar-refractivity contribution in [3.8, 4) is 0 Å². The van der Waals surface area contributed by atoms with Crippen molar-refractivity contribution >= 4 is 0 Å². The van der Waals surface area contributed by atoms with Gasteiger partial charge in [0.2, 0.25) is 11.9 Å². The number of pyridine rings is 3.